The Kier molecular flexibility index (Phi) is 3.82. The summed E-state index contributed by atoms with van der Waals surface area (Å²) >= 11 is 0. The Hall–Kier alpha value is -3.34. The minimum absolute atomic E-state index is 0.137. The van der Waals surface area contributed by atoms with Crippen LogP contribution in [0.5, 0.6) is 0 Å². The number of aromatic nitrogens is 1. The second-order valence-electron chi connectivity index (χ2n) is 5.92. The van der Waals surface area contributed by atoms with E-state index in [2.05, 4.69) is 10.5 Å². The summed E-state index contributed by atoms with van der Waals surface area (Å²) in [6, 6.07) is 19.0. The first-order chi connectivity index (χ1) is 12.2. The van der Waals surface area contributed by atoms with Crippen molar-refractivity contribution in [2.45, 2.75) is 13.3 Å². The van der Waals surface area contributed by atoms with Crippen LogP contribution in [0.25, 0.3) is 22.5 Å². The molecular weight excluding hydrogens is 316 g/mol. The summed E-state index contributed by atoms with van der Waals surface area (Å²) in [4.78, 5) is 12.1. The average Bonchev–Trinajstić information content (AvgIpc) is 3.23. The van der Waals surface area contributed by atoms with Gasteiger partial charge in [-0.25, -0.2) is 0 Å². The summed E-state index contributed by atoms with van der Waals surface area (Å²) in [7, 11) is 0. The van der Waals surface area contributed by atoms with Crippen molar-refractivity contribution < 1.29 is 13.7 Å². The molecule has 0 spiro atoms. The van der Waals surface area contributed by atoms with E-state index in [-0.39, 0.29) is 12.3 Å². The molecule has 2 aromatic carbocycles. The lowest BCUT2D eigenvalue weighted by Gasteiger charge is -2.03. The molecule has 124 valence electrons. The van der Waals surface area contributed by atoms with Crippen LogP contribution in [0.3, 0.4) is 0 Å². The van der Waals surface area contributed by atoms with E-state index in [9.17, 15) is 4.79 Å². The Bertz CT molecular complexity index is 995. The van der Waals surface area contributed by atoms with Crippen molar-refractivity contribution in [2.24, 2.45) is 0 Å². The lowest BCUT2D eigenvalue weighted by atomic mass is 10.2. The molecule has 4 aromatic rings. The fraction of sp³-hybridized carbons (Fsp3) is 0.100. The molecule has 0 atom stereocenters. The zero-order chi connectivity index (χ0) is 17.2. The van der Waals surface area contributed by atoms with Crippen LogP contribution in [0, 0.1) is 6.92 Å². The number of carbonyl (C=O) groups excluding carboxylic acids is 1. The first kappa shape index (κ1) is 15.2. The van der Waals surface area contributed by atoms with E-state index in [1.54, 1.807) is 6.07 Å². The van der Waals surface area contributed by atoms with Gasteiger partial charge in [0.05, 0.1) is 12.1 Å². The van der Waals surface area contributed by atoms with Crippen molar-refractivity contribution in [3.8, 4) is 11.5 Å². The van der Waals surface area contributed by atoms with E-state index in [1.807, 2.05) is 61.5 Å². The Morgan fingerprint density at radius 3 is 2.64 bits per heavy atom. The molecule has 0 fully saturated rings. The van der Waals surface area contributed by atoms with Gasteiger partial charge < -0.3 is 14.3 Å². The number of fused-ring (bicyclic) bond motifs is 1. The number of para-hydroxylation sites is 1. The Morgan fingerprint density at radius 2 is 1.84 bits per heavy atom. The largest absolute Gasteiger partial charge is 0.453 e. The maximum Gasteiger partial charge on any atom is 0.230 e. The minimum Gasteiger partial charge on any atom is -0.453 e. The summed E-state index contributed by atoms with van der Waals surface area (Å²) in [5, 5.41) is 7.80. The van der Waals surface area contributed by atoms with Gasteiger partial charge in [0.1, 0.15) is 5.58 Å². The van der Waals surface area contributed by atoms with E-state index >= 15 is 0 Å². The molecule has 0 unspecified atom stereocenters. The summed E-state index contributed by atoms with van der Waals surface area (Å²) in [6.45, 7) is 2.00. The summed E-state index contributed by atoms with van der Waals surface area (Å²) in [6.07, 6.45) is 0.137. The van der Waals surface area contributed by atoms with Crippen molar-refractivity contribution in [1.82, 2.24) is 5.16 Å². The number of rotatable bonds is 4. The molecule has 0 aliphatic carbocycles. The van der Waals surface area contributed by atoms with Crippen molar-refractivity contribution >= 4 is 22.6 Å². The molecule has 0 saturated heterocycles. The standard InChI is InChI=1S/C20H16N2O3/c1-13-6-8-15(9-7-13)21-20(23)12-16-11-19(25-22-16)18-10-14-4-2-3-5-17(14)24-18/h2-11H,12H2,1H3,(H,21,23). The number of benzene rings is 2. The molecule has 25 heavy (non-hydrogen) atoms. The zero-order valence-electron chi connectivity index (χ0n) is 13.7. The number of aryl methyl sites for hydroxylation is 1. The predicted molar refractivity (Wildman–Crippen MR) is 95.2 cm³/mol. The molecule has 2 heterocycles. The van der Waals surface area contributed by atoms with E-state index in [0.29, 0.717) is 17.2 Å². The average molecular weight is 332 g/mol. The number of furan rings is 1. The first-order valence-corrected chi connectivity index (χ1v) is 7.98. The van der Waals surface area contributed by atoms with Gasteiger partial charge in [0.25, 0.3) is 0 Å². The van der Waals surface area contributed by atoms with E-state index < -0.39 is 0 Å². The summed E-state index contributed by atoms with van der Waals surface area (Å²) in [5.41, 5.74) is 3.24. The topological polar surface area (TPSA) is 68.3 Å². The molecule has 5 nitrogen and oxygen atoms in total. The molecule has 4 rings (SSSR count). The third-order valence-corrected chi connectivity index (χ3v) is 3.90. The second-order valence-corrected chi connectivity index (χ2v) is 5.92. The molecule has 1 amide bonds. The van der Waals surface area contributed by atoms with Crippen molar-refractivity contribution in [3.05, 3.63) is 71.9 Å². The summed E-state index contributed by atoms with van der Waals surface area (Å²) < 4.78 is 11.1. The van der Waals surface area contributed by atoms with Crippen LogP contribution in [0.4, 0.5) is 5.69 Å². The number of nitrogens with one attached hydrogen (secondary N) is 1. The van der Waals surface area contributed by atoms with Crippen LogP contribution < -0.4 is 5.32 Å². The Labute approximate surface area is 144 Å². The van der Waals surface area contributed by atoms with Gasteiger partial charge in [0, 0.05) is 17.1 Å². The smallest absolute Gasteiger partial charge is 0.230 e. The lowest BCUT2D eigenvalue weighted by Crippen LogP contribution is -2.14. The highest BCUT2D eigenvalue weighted by Gasteiger charge is 2.14. The van der Waals surface area contributed by atoms with Crippen LogP contribution in [0.1, 0.15) is 11.3 Å². The molecule has 2 aromatic heterocycles. The zero-order valence-corrected chi connectivity index (χ0v) is 13.7. The highest BCUT2D eigenvalue weighted by atomic mass is 16.5. The number of carbonyl (C=O) groups is 1. The van der Waals surface area contributed by atoms with Gasteiger partial charge in [-0.15, -0.1) is 0 Å². The van der Waals surface area contributed by atoms with Gasteiger partial charge in [-0.05, 0) is 31.2 Å². The molecule has 5 heteroatoms. The Balaban J connectivity index is 1.47. The maximum absolute atomic E-state index is 12.1. The fourth-order valence-electron chi connectivity index (χ4n) is 2.62. The van der Waals surface area contributed by atoms with Gasteiger partial charge in [0.2, 0.25) is 11.7 Å². The molecule has 0 bridgehead atoms. The van der Waals surface area contributed by atoms with Gasteiger partial charge >= 0.3 is 0 Å². The highest BCUT2D eigenvalue weighted by Crippen LogP contribution is 2.28. The number of hydrogen-bond acceptors (Lipinski definition) is 4. The minimum atomic E-state index is -0.145. The summed E-state index contributed by atoms with van der Waals surface area (Å²) in [5.74, 6) is 0.960. The van der Waals surface area contributed by atoms with Gasteiger partial charge in [0.15, 0.2) is 5.76 Å². The quantitative estimate of drug-likeness (QED) is 0.594. The molecule has 0 aliphatic heterocycles. The fourth-order valence-corrected chi connectivity index (χ4v) is 2.62. The third-order valence-electron chi connectivity index (χ3n) is 3.90. The number of hydrogen-bond donors (Lipinski definition) is 1. The maximum atomic E-state index is 12.1. The van der Waals surface area contributed by atoms with Crippen molar-refractivity contribution in [2.75, 3.05) is 5.32 Å². The number of anilines is 1. The number of amides is 1. The normalized spacial score (nSPS) is 10.9. The molecule has 0 aliphatic rings. The van der Waals surface area contributed by atoms with Crippen molar-refractivity contribution in [1.29, 1.82) is 0 Å². The third kappa shape index (κ3) is 3.30. The highest BCUT2D eigenvalue weighted by molar-refractivity contribution is 5.92. The molecular formula is C20H16N2O3. The lowest BCUT2D eigenvalue weighted by molar-refractivity contribution is -0.115. The van der Waals surface area contributed by atoms with Crippen LogP contribution >= 0.6 is 0 Å². The number of nitrogens with zero attached hydrogens (tertiary/aromatic N) is 1. The van der Waals surface area contributed by atoms with Crippen LogP contribution in [-0.2, 0) is 11.2 Å². The van der Waals surface area contributed by atoms with E-state index in [0.717, 1.165) is 22.2 Å². The van der Waals surface area contributed by atoms with E-state index in [4.69, 9.17) is 8.94 Å². The van der Waals surface area contributed by atoms with Crippen LogP contribution in [0.2, 0.25) is 0 Å². The molecule has 0 radical (unpaired) electrons. The van der Waals surface area contributed by atoms with Gasteiger partial charge in [-0.3, -0.25) is 4.79 Å². The first-order valence-electron chi connectivity index (χ1n) is 7.98. The van der Waals surface area contributed by atoms with Crippen LogP contribution in [0.15, 0.2) is 69.6 Å². The van der Waals surface area contributed by atoms with Crippen molar-refractivity contribution in [3.63, 3.8) is 0 Å². The molecule has 1 N–H and O–H groups in total. The van der Waals surface area contributed by atoms with Gasteiger partial charge in [-0.1, -0.05) is 41.1 Å². The second kappa shape index (κ2) is 6.28. The predicted octanol–water partition coefficient (Wildman–Crippen LogP) is 4.58. The molecule has 0 saturated carbocycles. The Morgan fingerprint density at radius 1 is 1.04 bits per heavy atom. The van der Waals surface area contributed by atoms with Crippen LogP contribution in [-0.4, -0.2) is 11.1 Å². The van der Waals surface area contributed by atoms with Gasteiger partial charge in [-0.2, -0.15) is 0 Å². The monoisotopic (exact) mass is 332 g/mol. The van der Waals surface area contributed by atoms with E-state index in [1.165, 1.54) is 0 Å². The SMILES string of the molecule is Cc1ccc(NC(=O)Cc2cc(-c3cc4ccccc4o3)on2)cc1.